The second-order valence-corrected chi connectivity index (χ2v) is 4.58. The van der Waals surface area contributed by atoms with E-state index in [4.69, 9.17) is 10.00 Å². The number of hydrogen-bond acceptors (Lipinski definition) is 5. The van der Waals surface area contributed by atoms with Crippen molar-refractivity contribution >= 4 is 5.82 Å². The number of ether oxygens (including phenoxy) is 1. The van der Waals surface area contributed by atoms with Crippen LogP contribution in [-0.4, -0.2) is 28.7 Å². The van der Waals surface area contributed by atoms with Crippen molar-refractivity contribution in [1.82, 2.24) is 9.97 Å². The molecule has 2 heterocycles. The second kappa shape index (κ2) is 4.30. The summed E-state index contributed by atoms with van der Waals surface area (Å²) in [4.78, 5) is 8.17. The van der Waals surface area contributed by atoms with Crippen molar-refractivity contribution in [3.05, 3.63) is 18.1 Å². The predicted molar refractivity (Wildman–Crippen MR) is 61.2 cm³/mol. The normalized spacial score (nSPS) is 27.7. The summed E-state index contributed by atoms with van der Waals surface area (Å²) < 4.78 is 5.74. The minimum absolute atomic E-state index is 0.270. The highest BCUT2D eigenvalue weighted by molar-refractivity contribution is 5.47. The van der Waals surface area contributed by atoms with Gasteiger partial charge in [-0.3, -0.25) is 0 Å². The number of nitrogens with zero attached hydrogens (tertiary/aromatic N) is 3. The Labute approximate surface area is 99.8 Å². The third kappa shape index (κ3) is 2.08. The lowest BCUT2D eigenvalue weighted by molar-refractivity contribution is 0.0898. The highest BCUT2D eigenvalue weighted by Crippen LogP contribution is 2.39. The molecule has 5 heteroatoms. The Kier molecular flexibility index (Phi) is 2.65. The van der Waals surface area contributed by atoms with Gasteiger partial charge >= 0.3 is 0 Å². The van der Waals surface area contributed by atoms with Crippen LogP contribution < -0.4 is 5.32 Å². The molecule has 0 aromatic carbocycles. The summed E-state index contributed by atoms with van der Waals surface area (Å²) in [7, 11) is 0. The zero-order valence-electron chi connectivity index (χ0n) is 9.47. The third-order valence-electron chi connectivity index (χ3n) is 3.35. The van der Waals surface area contributed by atoms with Crippen molar-refractivity contribution in [1.29, 1.82) is 5.26 Å². The van der Waals surface area contributed by atoms with Crippen LogP contribution in [0.2, 0.25) is 0 Å². The summed E-state index contributed by atoms with van der Waals surface area (Å²) in [6.07, 6.45) is 6.91. The standard InChI is InChI=1S/C12H14N4O/c13-7-10-12(15-5-4-14-10)16-9-3-6-17-11(9)8-1-2-8/h4-5,8-9,11H,1-3,6H2,(H,15,16). The Balaban J connectivity index is 1.75. The van der Waals surface area contributed by atoms with Gasteiger partial charge in [-0.15, -0.1) is 0 Å². The predicted octanol–water partition coefficient (Wildman–Crippen LogP) is 1.33. The molecule has 5 nitrogen and oxygen atoms in total. The topological polar surface area (TPSA) is 70.8 Å². The van der Waals surface area contributed by atoms with Crippen molar-refractivity contribution in [2.24, 2.45) is 5.92 Å². The molecule has 88 valence electrons. The molecule has 1 N–H and O–H groups in total. The van der Waals surface area contributed by atoms with Crippen LogP contribution in [0.15, 0.2) is 12.4 Å². The van der Waals surface area contributed by atoms with Crippen molar-refractivity contribution in [2.75, 3.05) is 11.9 Å². The molecule has 1 saturated heterocycles. The summed E-state index contributed by atoms with van der Waals surface area (Å²) in [5, 5.41) is 12.3. The van der Waals surface area contributed by atoms with Crippen LogP contribution in [-0.2, 0) is 4.74 Å². The molecule has 2 atom stereocenters. The molecule has 1 saturated carbocycles. The first-order chi connectivity index (χ1) is 8.38. The molecule has 1 aromatic heterocycles. The molecule has 2 fully saturated rings. The summed E-state index contributed by atoms with van der Waals surface area (Å²) in [6.45, 7) is 0.793. The molecular weight excluding hydrogens is 216 g/mol. The van der Waals surface area contributed by atoms with Gasteiger partial charge in [0.2, 0.25) is 0 Å². The van der Waals surface area contributed by atoms with E-state index in [0.717, 1.165) is 13.0 Å². The van der Waals surface area contributed by atoms with Crippen LogP contribution in [0.3, 0.4) is 0 Å². The monoisotopic (exact) mass is 230 g/mol. The fraction of sp³-hybridized carbons (Fsp3) is 0.583. The van der Waals surface area contributed by atoms with E-state index in [0.29, 0.717) is 17.4 Å². The highest BCUT2D eigenvalue weighted by Gasteiger charge is 2.40. The quantitative estimate of drug-likeness (QED) is 0.848. The smallest absolute Gasteiger partial charge is 0.182 e. The molecule has 1 aliphatic heterocycles. The molecule has 2 aliphatic rings. The number of nitriles is 1. The van der Waals surface area contributed by atoms with Gasteiger partial charge in [0.15, 0.2) is 11.5 Å². The van der Waals surface area contributed by atoms with Crippen molar-refractivity contribution in [2.45, 2.75) is 31.4 Å². The van der Waals surface area contributed by atoms with Crippen LogP contribution in [0.5, 0.6) is 0 Å². The maximum Gasteiger partial charge on any atom is 0.182 e. The highest BCUT2D eigenvalue weighted by atomic mass is 16.5. The van der Waals surface area contributed by atoms with E-state index in [2.05, 4.69) is 21.4 Å². The van der Waals surface area contributed by atoms with Gasteiger partial charge in [0.05, 0.1) is 12.1 Å². The van der Waals surface area contributed by atoms with Crippen molar-refractivity contribution in [3.8, 4) is 6.07 Å². The fourth-order valence-electron chi connectivity index (χ4n) is 2.36. The van der Waals surface area contributed by atoms with Gasteiger partial charge in [0.25, 0.3) is 0 Å². The molecule has 1 aromatic rings. The summed E-state index contributed by atoms with van der Waals surface area (Å²) in [5.41, 5.74) is 0.356. The lowest BCUT2D eigenvalue weighted by Crippen LogP contribution is -2.31. The van der Waals surface area contributed by atoms with E-state index >= 15 is 0 Å². The van der Waals surface area contributed by atoms with Crippen molar-refractivity contribution < 1.29 is 4.74 Å². The molecule has 17 heavy (non-hydrogen) atoms. The lowest BCUT2D eigenvalue weighted by Gasteiger charge is -2.20. The van der Waals surface area contributed by atoms with E-state index in [1.54, 1.807) is 6.20 Å². The molecule has 0 radical (unpaired) electrons. The van der Waals surface area contributed by atoms with Gasteiger partial charge < -0.3 is 10.1 Å². The molecule has 3 rings (SSSR count). The van der Waals surface area contributed by atoms with Crippen LogP contribution in [0.25, 0.3) is 0 Å². The van der Waals surface area contributed by atoms with E-state index in [-0.39, 0.29) is 12.1 Å². The molecule has 0 amide bonds. The van der Waals surface area contributed by atoms with E-state index in [9.17, 15) is 0 Å². The number of hydrogen-bond donors (Lipinski definition) is 1. The van der Waals surface area contributed by atoms with Gasteiger partial charge in [0.1, 0.15) is 6.07 Å². The number of nitrogens with one attached hydrogen (secondary N) is 1. The number of aromatic nitrogens is 2. The molecule has 0 bridgehead atoms. The summed E-state index contributed by atoms with van der Waals surface area (Å²) in [6, 6.07) is 2.32. The van der Waals surface area contributed by atoms with Gasteiger partial charge in [-0.1, -0.05) is 0 Å². The average molecular weight is 230 g/mol. The largest absolute Gasteiger partial charge is 0.376 e. The Morgan fingerprint density at radius 1 is 1.29 bits per heavy atom. The summed E-state index contributed by atoms with van der Waals surface area (Å²) >= 11 is 0. The average Bonchev–Trinajstić information content (AvgIpc) is 3.11. The first kappa shape index (κ1) is 10.5. The lowest BCUT2D eigenvalue weighted by atomic mass is 10.1. The second-order valence-electron chi connectivity index (χ2n) is 4.58. The molecular formula is C12H14N4O. The minimum Gasteiger partial charge on any atom is -0.376 e. The zero-order valence-corrected chi connectivity index (χ0v) is 9.47. The zero-order chi connectivity index (χ0) is 11.7. The molecule has 0 spiro atoms. The molecule has 2 unspecified atom stereocenters. The van der Waals surface area contributed by atoms with Crippen LogP contribution in [0, 0.1) is 17.2 Å². The maximum absolute atomic E-state index is 8.96. The SMILES string of the molecule is N#Cc1nccnc1NC1CCOC1C1CC1. The Bertz CT molecular complexity index is 452. The first-order valence-electron chi connectivity index (χ1n) is 5.98. The van der Waals surface area contributed by atoms with Crippen molar-refractivity contribution in [3.63, 3.8) is 0 Å². The van der Waals surface area contributed by atoms with Gasteiger partial charge in [-0.2, -0.15) is 5.26 Å². The van der Waals surface area contributed by atoms with E-state index < -0.39 is 0 Å². The summed E-state index contributed by atoms with van der Waals surface area (Å²) in [5.74, 6) is 1.27. The Morgan fingerprint density at radius 3 is 2.88 bits per heavy atom. The van der Waals surface area contributed by atoms with E-state index in [1.807, 2.05) is 0 Å². The van der Waals surface area contributed by atoms with Gasteiger partial charge in [-0.25, -0.2) is 9.97 Å². The van der Waals surface area contributed by atoms with Crippen LogP contribution in [0.1, 0.15) is 25.0 Å². The number of rotatable bonds is 3. The first-order valence-corrected chi connectivity index (χ1v) is 5.98. The third-order valence-corrected chi connectivity index (χ3v) is 3.35. The van der Waals surface area contributed by atoms with Gasteiger partial charge in [0, 0.05) is 19.0 Å². The van der Waals surface area contributed by atoms with Crippen LogP contribution in [0.4, 0.5) is 5.82 Å². The minimum atomic E-state index is 0.270. The Hall–Kier alpha value is -1.67. The number of anilines is 1. The fourth-order valence-corrected chi connectivity index (χ4v) is 2.36. The van der Waals surface area contributed by atoms with Gasteiger partial charge in [-0.05, 0) is 25.2 Å². The van der Waals surface area contributed by atoms with Crippen LogP contribution >= 0.6 is 0 Å². The molecule has 1 aliphatic carbocycles. The maximum atomic E-state index is 8.96. The Morgan fingerprint density at radius 2 is 2.12 bits per heavy atom. The van der Waals surface area contributed by atoms with E-state index in [1.165, 1.54) is 19.0 Å².